The number of nitrogens with one attached hydrogen (secondary N) is 1. The molecule has 1 aromatic rings. The van der Waals surface area contributed by atoms with Gasteiger partial charge in [-0.1, -0.05) is 18.2 Å². The van der Waals surface area contributed by atoms with Gasteiger partial charge in [-0.25, -0.2) is 9.59 Å². The molecule has 0 fully saturated rings. The molecule has 0 radical (unpaired) electrons. The smallest absolute Gasteiger partial charge is 0.328 e. The Hall–Kier alpha value is -2.34. The Morgan fingerprint density at radius 2 is 1.62 bits per heavy atom. The van der Waals surface area contributed by atoms with E-state index in [4.69, 9.17) is 10.2 Å². The second-order valence-electron chi connectivity index (χ2n) is 4.46. The van der Waals surface area contributed by atoms with E-state index in [-0.39, 0.29) is 0 Å². The van der Waals surface area contributed by atoms with Gasteiger partial charge in [-0.2, -0.15) is 0 Å². The van der Waals surface area contributed by atoms with E-state index >= 15 is 0 Å². The van der Waals surface area contributed by atoms with Crippen molar-refractivity contribution >= 4 is 17.6 Å². The quantitative estimate of drug-likeness (QED) is 0.524. The van der Waals surface area contributed by atoms with Crippen LogP contribution in [0.15, 0.2) is 42.5 Å². The molecule has 0 atom stereocenters. The summed E-state index contributed by atoms with van der Waals surface area (Å²) in [5.74, 6) is -2.51. The van der Waals surface area contributed by atoms with Crippen LogP contribution in [0.25, 0.3) is 0 Å². The topological polar surface area (TPSA) is 89.9 Å². The molecule has 0 aliphatic heterocycles. The van der Waals surface area contributed by atoms with E-state index in [1.807, 2.05) is 18.2 Å². The normalized spacial score (nSPS) is 10.0. The van der Waals surface area contributed by atoms with E-state index in [0.29, 0.717) is 12.2 Å². The van der Waals surface area contributed by atoms with Gasteiger partial charge in [-0.3, -0.25) is 0 Å². The fourth-order valence-electron chi connectivity index (χ4n) is 1.33. The van der Waals surface area contributed by atoms with Crippen LogP contribution in [0, 0.1) is 0 Å². The molecule has 0 amide bonds. The highest BCUT2D eigenvalue weighted by Crippen LogP contribution is 2.04. The SMILES string of the molecule is CN(C)CCCNc1ccccc1.O=C(O)/C=C/C(=O)O. The van der Waals surface area contributed by atoms with Gasteiger partial charge in [-0.05, 0) is 39.2 Å². The summed E-state index contributed by atoms with van der Waals surface area (Å²) in [6.07, 6.45) is 2.30. The molecule has 0 saturated carbocycles. The largest absolute Gasteiger partial charge is 0.478 e. The van der Waals surface area contributed by atoms with Crippen LogP contribution in [0.5, 0.6) is 0 Å². The minimum absolute atomic E-state index is 0.558. The van der Waals surface area contributed by atoms with Crippen LogP contribution in [-0.4, -0.2) is 54.2 Å². The number of hydrogen-bond donors (Lipinski definition) is 3. The average Bonchev–Trinajstić information content (AvgIpc) is 2.43. The van der Waals surface area contributed by atoms with Crippen LogP contribution in [0.4, 0.5) is 5.69 Å². The molecule has 6 nitrogen and oxygen atoms in total. The molecular formula is C15H22N2O4. The summed E-state index contributed by atoms with van der Waals surface area (Å²) >= 11 is 0. The average molecular weight is 294 g/mol. The fraction of sp³-hybridized carbons (Fsp3) is 0.333. The number of anilines is 1. The van der Waals surface area contributed by atoms with Crippen LogP contribution >= 0.6 is 0 Å². The van der Waals surface area contributed by atoms with Gasteiger partial charge >= 0.3 is 11.9 Å². The van der Waals surface area contributed by atoms with Crippen molar-refractivity contribution in [1.29, 1.82) is 0 Å². The van der Waals surface area contributed by atoms with E-state index in [2.05, 4.69) is 36.4 Å². The Morgan fingerprint density at radius 1 is 1.10 bits per heavy atom. The third-order valence-electron chi connectivity index (χ3n) is 2.25. The van der Waals surface area contributed by atoms with Gasteiger partial charge in [0.05, 0.1) is 0 Å². The number of aliphatic carboxylic acids is 2. The van der Waals surface area contributed by atoms with Gasteiger partial charge in [0.25, 0.3) is 0 Å². The maximum atomic E-state index is 9.55. The summed E-state index contributed by atoms with van der Waals surface area (Å²) in [4.78, 5) is 21.3. The Kier molecular flexibility index (Phi) is 10.2. The van der Waals surface area contributed by atoms with Crippen LogP contribution < -0.4 is 5.32 Å². The molecule has 21 heavy (non-hydrogen) atoms. The molecule has 0 spiro atoms. The molecule has 116 valence electrons. The highest BCUT2D eigenvalue weighted by molar-refractivity contribution is 5.89. The summed E-state index contributed by atoms with van der Waals surface area (Å²) in [5.41, 5.74) is 1.21. The van der Waals surface area contributed by atoms with Crippen molar-refractivity contribution in [3.63, 3.8) is 0 Å². The lowest BCUT2D eigenvalue weighted by Crippen LogP contribution is -2.16. The van der Waals surface area contributed by atoms with Crippen molar-refractivity contribution in [3.8, 4) is 0 Å². The first-order valence-corrected chi connectivity index (χ1v) is 6.49. The number of carboxylic acid groups (broad SMARTS) is 2. The zero-order valence-corrected chi connectivity index (χ0v) is 12.3. The molecule has 0 aromatic heterocycles. The van der Waals surface area contributed by atoms with Gasteiger partial charge in [0.2, 0.25) is 0 Å². The van der Waals surface area contributed by atoms with Gasteiger partial charge < -0.3 is 20.4 Å². The van der Waals surface area contributed by atoms with Crippen LogP contribution in [-0.2, 0) is 9.59 Å². The number of benzene rings is 1. The molecule has 6 heteroatoms. The Morgan fingerprint density at radius 3 is 2.05 bits per heavy atom. The molecule has 1 aromatic carbocycles. The van der Waals surface area contributed by atoms with Crippen molar-refractivity contribution in [2.24, 2.45) is 0 Å². The van der Waals surface area contributed by atoms with Crippen molar-refractivity contribution in [2.45, 2.75) is 6.42 Å². The predicted molar refractivity (Wildman–Crippen MR) is 82.5 cm³/mol. The minimum atomic E-state index is -1.26. The Balaban J connectivity index is 0.000000433. The summed E-state index contributed by atoms with van der Waals surface area (Å²) in [6, 6.07) is 10.3. The monoisotopic (exact) mass is 294 g/mol. The number of nitrogens with zero attached hydrogens (tertiary/aromatic N) is 1. The predicted octanol–water partition coefficient (Wildman–Crippen LogP) is 1.76. The lowest BCUT2D eigenvalue weighted by molar-refractivity contribution is -0.134. The highest BCUT2D eigenvalue weighted by Gasteiger charge is 1.91. The molecule has 1 rings (SSSR count). The van der Waals surface area contributed by atoms with E-state index in [9.17, 15) is 9.59 Å². The second kappa shape index (κ2) is 11.5. The number of rotatable bonds is 7. The van der Waals surface area contributed by atoms with Gasteiger partial charge in [-0.15, -0.1) is 0 Å². The van der Waals surface area contributed by atoms with E-state index < -0.39 is 11.9 Å². The third-order valence-corrected chi connectivity index (χ3v) is 2.25. The molecule has 3 N–H and O–H groups in total. The fourth-order valence-corrected chi connectivity index (χ4v) is 1.33. The van der Waals surface area contributed by atoms with Crippen molar-refractivity contribution in [3.05, 3.63) is 42.5 Å². The van der Waals surface area contributed by atoms with Crippen LogP contribution in [0.3, 0.4) is 0 Å². The van der Waals surface area contributed by atoms with E-state index in [0.717, 1.165) is 13.1 Å². The molecule has 0 unspecified atom stereocenters. The summed E-state index contributed by atoms with van der Waals surface area (Å²) in [6.45, 7) is 2.18. The Bertz CT molecular complexity index is 428. The lowest BCUT2D eigenvalue weighted by Gasteiger charge is -2.10. The summed E-state index contributed by atoms with van der Waals surface area (Å²) in [5, 5.41) is 19.0. The highest BCUT2D eigenvalue weighted by atomic mass is 16.4. The zero-order valence-electron chi connectivity index (χ0n) is 12.3. The van der Waals surface area contributed by atoms with Gasteiger partial charge in [0, 0.05) is 24.4 Å². The van der Waals surface area contributed by atoms with Gasteiger partial charge in [0.15, 0.2) is 0 Å². The maximum Gasteiger partial charge on any atom is 0.328 e. The third kappa shape index (κ3) is 13.9. The first-order valence-electron chi connectivity index (χ1n) is 6.49. The molecule has 0 heterocycles. The van der Waals surface area contributed by atoms with Crippen molar-refractivity contribution in [1.82, 2.24) is 4.90 Å². The second-order valence-corrected chi connectivity index (χ2v) is 4.46. The lowest BCUT2D eigenvalue weighted by atomic mass is 10.3. The zero-order chi connectivity index (χ0) is 16.1. The van der Waals surface area contributed by atoms with Crippen LogP contribution in [0.1, 0.15) is 6.42 Å². The molecule has 0 aliphatic rings. The van der Waals surface area contributed by atoms with Crippen molar-refractivity contribution < 1.29 is 19.8 Å². The number of hydrogen-bond acceptors (Lipinski definition) is 4. The summed E-state index contributed by atoms with van der Waals surface area (Å²) < 4.78 is 0. The molecule has 0 aliphatic carbocycles. The summed E-state index contributed by atoms with van der Waals surface area (Å²) in [7, 11) is 4.20. The van der Waals surface area contributed by atoms with E-state index in [1.165, 1.54) is 12.1 Å². The maximum absolute atomic E-state index is 9.55. The number of carboxylic acids is 2. The number of carbonyl (C=O) groups is 2. The standard InChI is InChI=1S/C11H18N2.C4H4O4/c1-13(2)10-6-9-12-11-7-4-3-5-8-11;5-3(6)1-2-4(7)8/h3-5,7-8,12H,6,9-10H2,1-2H3;1-2H,(H,5,6)(H,7,8)/b;2-1+. The van der Waals surface area contributed by atoms with Gasteiger partial charge in [0.1, 0.15) is 0 Å². The molecule has 0 saturated heterocycles. The Labute approximate surface area is 124 Å². The van der Waals surface area contributed by atoms with Crippen LogP contribution in [0.2, 0.25) is 0 Å². The first kappa shape index (κ1) is 18.7. The molecular weight excluding hydrogens is 272 g/mol. The first-order chi connectivity index (χ1) is 9.91. The van der Waals surface area contributed by atoms with E-state index in [1.54, 1.807) is 0 Å². The molecule has 0 bridgehead atoms. The number of para-hydroxylation sites is 1. The van der Waals surface area contributed by atoms with Crippen molar-refractivity contribution in [2.75, 3.05) is 32.5 Å². The minimum Gasteiger partial charge on any atom is -0.478 e.